The Morgan fingerprint density at radius 1 is 0.433 bits per heavy atom. The molecule has 0 aromatic heterocycles. The van der Waals surface area contributed by atoms with Crippen molar-refractivity contribution in [3.63, 3.8) is 0 Å². The van der Waals surface area contributed by atoms with Crippen LogP contribution in [0.25, 0.3) is 0 Å². The van der Waals surface area contributed by atoms with Crippen molar-refractivity contribution in [1.82, 2.24) is 0 Å². The van der Waals surface area contributed by atoms with Gasteiger partial charge in [-0.2, -0.15) is 0 Å². The van der Waals surface area contributed by atoms with Gasteiger partial charge < -0.3 is 0 Å². The molecule has 0 unspecified atom stereocenters. The van der Waals surface area contributed by atoms with E-state index in [9.17, 15) is 9.59 Å². The Balaban J connectivity index is 2.89. The normalized spacial score (nSPS) is 21.9. The highest BCUT2D eigenvalue weighted by atomic mass is 16.1. The van der Waals surface area contributed by atoms with Crippen molar-refractivity contribution in [3.05, 3.63) is 57.7 Å². The second-order valence-corrected chi connectivity index (χ2v) is 12.8. The van der Waals surface area contributed by atoms with Gasteiger partial charge in [-0.3, -0.25) is 9.59 Å². The van der Waals surface area contributed by atoms with Crippen LogP contribution in [0.2, 0.25) is 0 Å². The number of Topliss-reactive ketones (excluding diaryl/α,β-unsaturated/α-hetero) is 2. The van der Waals surface area contributed by atoms with Crippen molar-refractivity contribution in [2.45, 2.75) is 83.1 Å². The molecule has 0 atom stereocenters. The summed E-state index contributed by atoms with van der Waals surface area (Å²) < 4.78 is 0. The van der Waals surface area contributed by atoms with Gasteiger partial charge in [-0.05, 0) is 45.0 Å². The van der Waals surface area contributed by atoms with Gasteiger partial charge in [-0.25, -0.2) is 0 Å². The molecule has 2 nitrogen and oxygen atoms in total. The first-order valence-electron chi connectivity index (χ1n) is 11.0. The topological polar surface area (TPSA) is 34.1 Å². The molecule has 0 aromatic carbocycles. The van der Waals surface area contributed by atoms with E-state index in [-0.39, 0.29) is 33.2 Å². The van der Waals surface area contributed by atoms with Crippen LogP contribution < -0.4 is 0 Å². The summed E-state index contributed by atoms with van der Waals surface area (Å²) in [6, 6.07) is 0. The lowest BCUT2D eigenvalue weighted by molar-refractivity contribution is -0.115. The standard InChI is InChI=1S/C28H40O2/c1-25(2,3)17-13-19(23(29)21(15-17)27(7,8)9)20-14-18(26(4,5)6)16-22(24(20)30)28(10,11)12/h13-16H,1-12H3/b20-19+. The summed E-state index contributed by atoms with van der Waals surface area (Å²) in [5.74, 6) is -0.0583. The maximum atomic E-state index is 13.6. The summed E-state index contributed by atoms with van der Waals surface area (Å²) in [5.41, 5.74) is 3.92. The minimum absolute atomic E-state index is 0.0291. The molecule has 0 saturated carbocycles. The molecule has 0 aromatic rings. The molecule has 0 radical (unpaired) electrons. The van der Waals surface area contributed by atoms with Crippen molar-refractivity contribution in [1.29, 1.82) is 0 Å². The highest BCUT2D eigenvalue weighted by molar-refractivity contribution is 6.22. The summed E-state index contributed by atoms with van der Waals surface area (Å²) in [4.78, 5) is 27.3. The van der Waals surface area contributed by atoms with Crippen LogP contribution in [-0.4, -0.2) is 11.6 Å². The monoisotopic (exact) mass is 408 g/mol. The Kier molecular flexibility index (Phi) is 5.93. The Morgan fingerprint density at radius 3 is 0.900 bits per heavy atom. The second kappa shape index (κ2) is 7.32. The van der Waals surface area contributed by atoms with Crippen molar-refractivity contribution in [2.75, 3.05) is 0 Å². The van der Waals surface area contributed by atoms with Crippen molar-refractivity contribution >= 4 is 11.6 Å². The zero-order valence-corrected chi connectivity index (χ0v) is 21.1. The lowest BCUT2D eigenvalue weighted by Gasteiger charge is -2.33. The van der Waals surface area contributed by atoms with Crippen LogP contribution in [0.5, 0.6) is 0 Å². The van der Waals surface area contributed by atoms with Gasteiger partial charge in [-0.15, -0.1) is 0 Å². The molecule has 0 heterocycles. The third-order valence-electron chi connectivity index (χ3n) is 5.82. The van der Waals surface area contributed by atoms with E-state index in [4.69, 9.17) is 0 Å². The van der Waals surface area contributed by atoms with Crippen molar-refractivity contribution in [2.24, 2.45) is 21.7 Å². The average molecular weight is 409 g/mol. The molecule has 0 saturated heterocycles. The summed E-state index contributed by atoms with van der Waals surface area (Å²) in [5, 5.41) is 0. The molecule has 2 aliphatic rings. The molecule has 0 bridgehead atoms. The van der Waals surface area contributed by atoms with E-state index in [0.717, 1.165) is 22.3 Å². The molecule has 0 aliphatic heterocycles. The van der Waals surface area contributed by atoms with Crippen LogP contribution in [0.4, 0.5) is 0 Å². The number of hydrogen-bond acceptors (Lipinski definition) is 2. The number of hydrogen-bond donors (Lipinski definition) is 0. The van der Waals surface area contributed by atoms with Crippen LogP contribution in [0, 0.1) is 21.7 Å². The summed E-state index contributed by atoms with van der Waals surface area (Å²) in [6.45, 7) is 25.2. The SMILES string of the molecule is CC(C)(C)C1=C/C(=C2/C=C(C(C)(C)C)C=C(C(C)(C)C)C2=O)C(=O)C(C(C)(C)C)=C1. The van der Waals surface area contributed by atoms with E-state index >= 15 is 0 Å². The van der Waals surface area contributed by atoms with Crippen LogP contribution in [0.1, 0.15) is 83.1 Å². The predicted molar refractivity (Wildman–Crippen MR) is 127 cm³/mol. The van der Waals surface area contributed by atoms with Crippen LogP contribution in [-0.2, 0) is 9.59 Å². The van der Waals surface area contributed by atoms with Crippen molar-refractivity contribution in [3.8, 4) is 0 Å². The van der Waals surface area contributed by atoms with Crippen LogP contribution in [0.3, 0.4) is 0 Å². The third kappa shape index (κ3) is 4.85. The quantitative estimate of drug-likeness (QED) is 0.393. The molecule has 0 amide bonds. The smallest absolute Gasteiger partial charge is 0.190 e. The van der Waals surface area contributed by atoms with Crippen LogP contribution >= 0.6 is 0 Å². The first-order valence-corrected chi connectivity index (χ1v) is 11.0. The molecular formula is C28H40O2. The minimum Gasteiger partial charge on any atom is -0.289 e. The van der Waals surface area contributed by atoms with E-state index < -0.39 is 0 Å². The minimum atomic E-state index is -0.301. The van der Waals surface area contributed by atoms with Crippen molar-refractivity contribution < 1.29 is 9.59 Å². The molecule has 2 aliphatic carbocycles. The Morgan fingerprint density at radius 2 is 0.700 bits per heavy atom. The molecule has 164 valence electrons. The molecule has 0 N–H and O–H groups in total. The second-order valence-electron chi connectivity index (χ2n) is 12.8. The Bertz CT molecular complexity index is 851. The number of carbonyl (C=O) groups excluding carboxylic acids is 2. The van der Waals surface area contributed by atoms with Gasteiger partial charge in [-0.1, -0.05) is 95.2 Å². The summed E-state index contributed by atoms with van der Waals surface area (Å²) in [6.07, 6.45) is 7.98. The first-order chi connectivity index (χ1) is 13.2. The molecule has 2 heteroatoms. The van der Waals surface area contributed by atoms with Gasteiger partial charge in [0.15, 0.2) is 11.6 Å². The lowest BCUT2D eigenvalue weighted by Crippen LogP contribution is -2.29. The zero-order valence-electron chi connectivity index (χ0n) is 21.1. The molecule has 2 rings (SSSR count). The average Bonchev–Trinajstić information content (AvgIpc) is 2.51. The largest absolute Gasteiger partial charge is 0.289 e. The third-order valence-corrected chi connectivity index (χ3v) is 5.82. The number of carbonyl (C=O) groups is 2. The maximum Gasteiger partial charge on any atom is 0.190 e. The fraction of sp³-hybridized carbons (Fsp3) is 0.571. The highest BCUT2D eigenvalue weighted by Gasteiger charge is 2.37. The van der Waals surface area contributed by atoms with E-state index in [1.807, 2.05) is 24.3 Å². The Labute approximate surface area is 183 Å². The van der Waals surface area contributed by atoms with Gasteiger partial charge in [0.25, 0.3) is 0 Å². The zero-order chi connectivity index (χ0) is 23.4. The van der Waals surface area contributed by atoms with E-state index in [1.54, 1.807) is 0 Å². The molecular weight excluding hydrogens is 368 g/mol. The number of ketones is 2. The number of allylic oxidation sites excluding steroid dienone is 10. The fourth-order valence-corrected chi connectivity index (χ4v) is 3.64. The lowest BCUT2D eigenvalue weighted by atomic mass is 9.69. The molecule has 0 fully saturated rings. The predicted octanol–water partition coefficient (Wildman–Crippen LogP) is 7.34. The van der Waals surface area contributed by atoms with Gasteiger partial charge >= 0.3 is 0 Å². The molecule has 30 heavy (non-hydrogen) atoms. The number of rotatable bonds is 0. The van der Waals surface area contributed by atoms with Gasteiger partial charge in [0.05, 0.1) is 0 Å². The van der Waals surface area contributed by atoms with E-state index in [1.165, 1.54) is 0 Å². The van der Waals surface area contributed by atoms with Gasteiger partial charge in [0.2, 0.25) is 0 Å². The molecule has 0 spiro atoms. The summed E-state index contributed by atoms with van der Waals surface area (Å²) in [7, 11) is 0. The Hall–Kier alpha value is -1.96. The summed E-state index contributed by atoms with van der Waals surface area (Å²) >= 11 is 0. The highest BCUT2D eigenvalue weighted by Crippen LogP contribution is 2.43. The first kappa shape index (κ1) is 24.3. The van der Waals surface area contributed by atoms with E-state index in [2.05, 4.69) is 83.1 Å². The van der Waals surface area contributed by atoms with Crippen LogP contribution in [0.15, 0.2) is 57.7 Å². The van der Waals surface area contributed by atoms with E-state index in [0.29, 0.717) is 11.1 Å². The van der Waals surface area contributed by atoms with Gasteiger partial charge in [0.1, 0.15) is 0 Å². The maximum absolute atomic E-state index is 13.6. The fourth-order valence-electron chi connectivity index (χ4n) is 3.64. The van der Waals surface area contributed by atoms with Gasteiger partial charge in [0, 0.05) is 22.3 Å².